The first-order valence-electron chi connectivity index (χ1n) is 5.93. The van der Waals surface area contributed by atoms with Crippen LogP contribution in [0.25, 0.3) is 0 Å². The zero-order valence-electron chi connectivity index (χ0n) is 10.8. The van der Waals surface area contributed by atoms with Crippen molar-refractivity contribution in [2.45, 2.75) is 44.8 Å². The highest BCUT2D eigenvalue weighted by atomic mass is 28.4. The van der Waals surface area contributed by atoms with Gasteiger partial charge in [-0.15, -0.1) is 0 Å². The Morgan fingerprint density at radius 2 is 1.65 bits per heavy atom. The number of benzene rings is 1. The van der Waals surface area contributed by atoms with Crippen molar-refractivity contribution in [3.05, 3.63) is 35.4 Å². The first kappa shape index (κ1) is 14.3. The van der Waals surface area contributed by atoms with Gasteiger partial charge in [-0.25, -0.2) is 8.78 Å². The molecule has 0 unspecified atom stereocenters. The van der Waals surface area contributed by atoms with Crippen LogP contribution in [-0.4, -0.2) is 13.1 Å². The fraction of sp³-hybridized carbons (Fsp3) is 0.538. The minimum absolute atomic E-state index is 0.145. The molecule has 0 radical (unpaired) electrons. The number of hydrogen-bond acceptors (Lipinski definition) is 1. The highest BCUT2D eigenvalue weighted by molar-refractivity contribution is 6.74. The minimum Gasteiger partial charge on any atom is -0.431 e. The zero-order valence-corrected chi connectivity index (χ0v) is 11.8. The van der Waals surface area contributed by atoms with Crippen LogP contribution in [0.4, 0.5) is 8.78 Å². The average molecular weight is 258 g/mol. The number of hydrogen-bond donors (Lipinski definition) is 1. The lowest BCUT2D eigenvalue weighted by Crippen LogP contribution is -2.44. The fourth-order valence-electron chi connectivity index (χ4n) is 2.05. The monoisotopic (exact) mass is 258 g/mol. The summed E-state index contributed by atoms with van der Waals surface area (Å²) in [7, 11) is -2.56. The van der Waals surface area contributed by atoms with Crippen molar-refractivity contribution in [3.8, 4) is 0 Å². The Bertz CT molecular complexity index is 383. The lowest BCUT2D eigenvalue weighted by Gasteiger charge is -2.33. The summed E-state index contributed by atoms with van der Waals surface area (Å²) in [6.07, 6.45) is 0. The van der Waals surface area contributed by atoms with Gasteiger partial charge in [0.15, 0.2) is 8.32 Å². The molecule has 0 spiro atoms. The van der Waals surface area contributed by atoms with Crippen LogP contribution < -0.4 is 0 Å². The summed E-state index contributed by atoms with van der Waals surface area (Å²) in [4.78, 5) is 10.7. The maximum atomic E-state index is 13.6. The fourth-order valence-corrected chi connectivity index (χ4v) is 5.09. The molecule has 0 fully saturated rings. The highest BCUT2D eigenvalue weighted by Crippen LogP contribution is 2.33. The molecule has 0 aliphatic heterocycles. The van der Waals surface area contributed by atoms with E-state index in [1.165, 1.54) is 12.1 Å². The summed E-state index contributed by atoms with van der Waals surface area (Å²) in [6.45, 7) is 7.86. The third kappa shape index (κ3) is 3.13. The Balaban J connectivity index is 3.02. The molecule has 17 heavy (non-hydrogen) atoms. The predicted octanol–water partition coefficient (Wildman–Crippen LogP) is 3.80. The molecule has 0 bridgehead atoms. The van der Waals surface area contributed by atoms with Gasteiger partial charge in [0.1, 0.15) is 11.6 Å². The lowest BCUT2D eigenvalue weighted by molar-refractivity contribution is 0.485. The van der Waals surface area contributed by atoms with E-state index in [0.29, 0.717) is 11.6 Å². The topological polar surface area (TPSA) is 20.2 Å². The summed E-state index contributed by atoms with van der Waals surface area (Å²) in [6, 6.07) is 3.90. The zero-order chi connectivity index (χ0) is 13.2. The second-order valence-corrected chi connectivity index (χ2v) is 9.86. The van der Waals surface area contributed by atoms with Crippen LogP contribution in [0.3, 0.4) is 0 Å². The molecule has 0 aliphatic rings. The van der Waals surface area contributed by atoms with Gasteiger partial charge in [-0.2, -0.15) is 0 Å². The van der Waals surface area contributed by atoms with E-state index in [9.17, 15) is 13.6 Å². The second-order valence-electron chi connectivity index (χ2n) is 5.21. The van der Waals surface area contributed by atoms with Gasteiger partial charge in [0.25, 0.3) is 0 Å². The molecule has 0 saturated heterocycles. The molecule has 1 N–H and O–H groups in total. The molecule has 96 valence electrons. The number of rotatable bonds is 4. The van der Waals surface area contributed by atoms with Gasteiger partial charge >= 0.3 is 0 Å². The smallest absolute Gasteiger partial charge is 0.198 e. The molecule has 0 saturated carbocycles. The van der Waals surface area contributed by atoms with Crippen molar-refractivity contribution >= 4 is 8.32 Å². The van der Waals surface area contributed by atoms with Gasteiger partial charge in [-0.05, 0) is 28.8 Å². The molecule has 1 nitrogen and oxygen atoms in total. The molecule has 0 aromatic heterocycles. The van der Waals surface area contributed by atoms with Gasteiger partial charge in [0, 0.05) is 6.07 Å². The quantitative estimate of drug-likeness (QED) is 0.814. The average Bonchev–Trinajstić information content (AvgIpc) is 2.21. The Labute approximate surface area is 103 Å². The van der Waals surface area contributed by atoms with Crippen molar-refractivity contribution in [2.75, 3.05) is 0 Å². The van der Waals surface area contributed by atoms with E-state index in [-0.39, 0.29) is 11.1 Å². The Hall–Kier alpha value is -0.743. The van der Waals surface area contributed by atoms with Gasteiger partial charge in [-0.1, -0.05) is 33.8 Å². The second kappa shape index (κ2) is 5.27. The number of halogens is 2. The van der Waals surface area contributed by atoms with Gasteiger partial charge in [-0.3, -0.25) is 0 Å². The largest absolute Gasteiger partial charge is 0.431 e. The van der Waals surface area contributed by atoms with Crippen LogP contribution in [-0.2, 0) is 6.04 Å². The van der Waals surface area contributed by atoms with Crippen LogP contribution >= 0.6 is 0 Å². The van der Waals surface area contributed by atoms with Gasteiger partial charge in [0.05, 0.1) is 0 Å². The van der Waals surface area contributed by atoms with Gasteiger partial charge < -0.3 is 4.80 Å². The third-order valence-electron chi connectivity index (χ3n) is 3.49. The molecule has 0 atom stereocenters. The van der Waals surface area contributed by atoms with Gasteiger partial charge in [0.2, 0.25) is 0 Å². The Kier molecular flexibility index (Phi) is 4.44. The Morgan fingerprint density at radius 1 is 1.12 bits per heavy atom. The maximum Gasteiger partial charge on any atom is 0.198 e. The minimum atomic E-state index is -2.56. The van der Waals surface area contributed by atoms with E-state index in [1.807, 2.05) is 27.7 Å². The molecule has 4 heteroatoms. The van der Waals surface area contributed by atoms with E-state index in [0.717, 1.165) is 6.07 Å². The normalized spacial score (nSPS) is 12.5. The van der Waals surface area contributed by atoms with Crippen LogP contribution in [0.2, 0.25) is 11.1 Å². The van der Waals surface area contributed by atoms with Crippen LogP contribution in [0.5, 0.6) is 0 Å². The van der Waals surface area contributed by atoms with Crippen molar-refractivity contribution in [1.82, 2.24) is 0 Å². The van der Waals surface area contributed by atoms with Crippen molar-refractivity contribution in [3.63, 3.8) is 0 Å². The molecule has 0 aliphatic carbocycles. The van der Waals surface area contributed by atoms with Crippen LogP contribution in [0, 0.1) is 11.6 Å². The lowest BCUT2D eigenvalue weighted by atomic mass is 10.2. The van der Waals surface area contributed by atoms with E-state index >= 15 is 0 Å². The van der Waals surface area contributed by atoms with E-state index in [2.05, 4.69) is 0 Å². The first-order valence-corrected chi connectivity index (χ1v) is 8.24. The highest BCUT2D eigenvalue weighted by Gasteiger charge is 2.39. The molecule has 0 heterocycles. The van der Waals surface area contributed by atoms with Crippen molar-refractivity contribution < 1.29 is 13.6 Å². The molecular weight excluding hydrogens is 238 g/mol. The first-order chi connectivity index (χ1) is 7.77. The van der Waals surface area contributed by atoms with Crippen molar-refractivity contribution in [1.29, 1.82) is 0 Å². The molecule has 1 aromatic carbocycles. The molecule has 0 amide bonds. The molecule has 1 aromatic rings. The summed E-state index contributed by atoms with van der Waals surface area (Å²) in [5.74, 6) is -1.14. The standard InChI is InChI=1S/C13H20F2OSi/c1-9(2)17(16,10(3)4)8-11-5-6-12(14)7-13(11)15/h5-7,9-10,16H,8H2,1-4H3. The predicted molar refractivity (Wildman–Crippen MR) is 68.2 cm³/mol. The molecular formula is C13H20F2OSi. The van der Waals surface area contributed by atoms with E-state index in [1.54, 1.807) is 0 Å². The summed E-state index contributed by atoms with van der Waals surface area (Å²) in [5, 5.41) is 0. The summed E-state index contributed by atoms with van der Waals surface area (Å²) >= 11 is 0. The Morgan fingerprint density at radius 3 is 2.06 bits per heavy atom. The third-order valence-corrected chi connectivity index (χ3v) is 8.43. The molecule has 1 rings (SSSR count). The van der Waals surface area contributed by atoms with Crippen molar-refractivity contribution in [2.24, 2.45) is 0 Å². The van der Waals surface area contributed by atoms with Crippen LogP contribution in [0.1, 0.15) is 33.3 Å². The van der Waals surface area contributed by atoms with E-state index < -0.39 is 20.0 Å². The SMILES string of the molecule is CC(C)[Si](O)(Cc1ccc(F)cc1F)C(C)C. The summed E-state index contributed by atoms with van der Waals surface area (Å²) < 4.78 is 26.4. The summed E-state index contributed by atoms with van der Waals surface area (Å²) in [5.41, 5.74) is 0.710. The van der Waals surface area contributed by atoms with E-state index in [4.69, 9.17) is 0 Å². The maximum absolute atomic E-state index is 13.6. The van der Waals surface area contributed by atoms with Crippen LogP contribution in [0.15, 0.2) is 18.2 Å².